The first-order chi connectivity index (χ1) is 14.7. The maximum atomic E-state index is 12.5. The molecular formula is C23H46IN5O3. The van der Waals surface area contributed by atoms with E-state index in [2.05, 4.69) is 29.5 Å². The van der Waals surface area contributed by atoms with E-state index < -0.39 is 0 Å². The third-order valence-corrected chi connectivity index (χ3v) is 5.44. The van der Waals surface area contributed by atoms with Crippen molar-refractivity contribution < 1.29 is 14.3 Å². The number of carbonyl (C=O) groups is 2. The topological polar surface area (TPSA) is 86.3 Å². The van der Waals surface area contributed by atoms with E-state index in [1.807, 2.05) is 30.6 Å². The van der Waals surface area contributed by atoms with Gasteiger partial charge in [-0.3, -0.25) is 14.6 Å². The van der Waals surface area contributed by atoms with Gasteiger partial charge in [-0.1, -0.05) is 20.3 Å². The molecule has 1 aliphatic rings. The summed E-state index contributed by atoms with van der Waals surface area (Å²) in [5.41, 5.74) is -0.282. The van der Waals surface area contributed by atoms with Crippen LogP contribution in [0, 0.1) is 5.92 Å². The quantitative estimate of drug-likeness (QED) is 0.164. The third kappa shape index (κ3) is 12.8. The number of piperazine rings is 1. The Morgan fingerprint density at radius 2 is 1.59 bits per heavy atom. The predicted molar refractivity (Wildman–Crippen MR) is 142 cm³/mol. The third-order valence-electron chi connectivity index (χ3n) is 5.44. The lowest BCUT2D eigenvalue weighted by molar-refractivity contribution is -0.140. The van der Waals surface area contributed by atoms with Crippen LogP contribution in [0.1, 0.15) is 66.7 Å². The normalized spacial score (nSPS) is 14.9. The molecule has 1 heterocycles. The number of carbonyl (C=O) groups excluding carboxylic acids is 2. The van der Waals surface area contributed by atoms with E-state index in [9.17, 15) is 9.59 Å². The molecule has 0 aromatic heterocycles. The largest absolute Gasteiger partial charge is 0.377 e. The molecule has 8 nitrogen and oxygen atoms in total. The molecule has 0 bridgehead atoms. The molecule has 9 heteroatoms. The monoisotopic (exact) mass is 567 g/mol. The molecule has 0 radical (unpaired) electrons. The molecule has 0 aliphatic carbocycles. The summed E-state index contributed by atoms with van der Waals surface area (Å²) in [6, 6.07) is 0. The maximum absolute atomic E-state index is 12.5. The summed E-state index contributed by atoms with van der Waals surface area (Å²) < 4.78 is 5.41. The highest BCUT2D eigenvalue weighted by atomic mass is 127. The van der Waals surface area contributed by atoms with E-state index in [1.165, 1.54) is 0 Å². The summed E-state index contributed by atoms with van der Waals surface area (Å²) in [5, 5.41) is 6.60. The van der Waals surface area contributed by atoms with E-state index in [0.29, 0.717) is 51.5 Å². The minimum Gasteiger partial charge on any atom is -0.377 e. The van der Waals surface area contributed by atoms with Crippen LogP contribution in [0.25, 0.3) is 0 Å². The van der Waals surface area contributed by atoms with E-state index in [-0.39, 0.29) is 41.4 Å². The molecule has 0 atom stereocenters. The SMILES string of the molecule is CCNC(=NCC(C)(C)OC)NCCCCCC(=O)N1CCN(C(=O)CC(C)C)CC1.I. The molecule has 1 fully saturated rings. The van der Waals surface area contributed by atoms with Crippen LogP contribution in [-0.4, -0.2) is 86.1 Å². The molecule has 0 unspecified atom stereocenters. The van der Waals surface area contributed by atoms with Gasteiger partial charge in [-0.05, 0) is 39.5 Å². The van der Waals surface area contributed by atoms with Crippen LogP contribution in [0.2, 0.25) is 0 Å². The number of hydrogen-bond acceptors (Lipinski definition) is 4. The van der Waals surface area contributed by atoms with E-state index in [4.69, 9.17) is 4.74 Å². The highest BCUT2D eigenvalue weighted by Crippen LogP contribution is 2.11. The zero-order chi connectivity index (χ0) is 23.3. The standard InChI is InChI=1S/C23H45N5O3.HI/c1-7-24-22(26-18-23(4,5)31-6)25-12-10-8-9-11-20(29)27-13-15-28(16-14-27)21(30)17-19(2)3;/h19H,7-18H2,1-6H3,(H2,24,25,26);1H. The molecule has 0 aromatic rings. The van der Waals surface area contributed by atoms with Gasteiger partial charge in [-0.2, -0.15) is 0 Å². The van der Waals surface area contributed by atoms with Gasteiger partial charge in [-0.25, -0.2) is 0 Å². The summed E-state index contributed by atoms with van der Waals surface area (Å²) in [6.07, 6.45) is 4.04. The summed E-state index contributed by atoms with van der Waals surface area (Å²) in [5.74, 6) is 1.59. The van der Waals surface area contributed by atoms with Crippen molar-refractivity contribution in [1.82, 2.24) is 20.4 Å². The first-order valence-electron chi connectivity index (χ1n) is 11.8. The molecule has 2 N–H and O–H groups in total. The Kier molecular flexibility index (Phi) is 15.9. The molecule has 1 rings (SSSR count). The van der Waals surface area contributed by atoms with Gasteiger partial charge in [0.2, 0.25) is 11.8 Å². The van der Waals surface area contributed by atoms with Crippen LogP contribution in [0.5, 0.6) is 0 Å². The van der Waals surface area contributed by atoms with Crippen LogP contribution in [0.3, 0.4) is 0 Å². The van der Waals surface area contributed by atoms with Gasteiger partial charge in [0, 0.05) is 59.2 Å². The van der Waals surface area contributed by atoms with Crippen molar-refractivity contribution in [2.24, 2.45) is 10.9 Å². The molecule has 0 spiro atoms. The number of hydrogen-bond donors (Lipinski definition) is 2. The number of unbranched alkanes of at least 4 members (excludes halogenated alkanes) is 2. The van der Waals surface area contributed by atoms with Gasteiger partial charge < -0.3 is 25.2 Å². The van der Waals surface area contributed by atoms with E-state index >= 15 is 0 Å². The fraction of sp³-hybridized carbons (Fsp3) is 0.870. The van der Waals surface area contributed by atoms with Crippen LogP contribution in [-0.2, 0) is 14.3 Å². The number of ether oxygens (including phenoxy) is 1. The number of nitrogens with zero attached hydrogens (tertiary/aromatic N) is 3. The average molecular weight is 568 g/mol. The van der Waals surface area contributed by atoms with Gasteiger partial charge in [-0.15, -0.1) is 24.0 Å². The van der Waals surface area contributed by atoms with Crippen molar-refractivity contribution in [3.8, 4) is 0 Å². The fourth-order valence-corrected chi connectivity index (χ4v) is 3.30. The van der Waals surface area contributed by atoms with Crippen LogP contribution < -0.4 is 10.6 Å². The fourth-order valence-electron chi connectivity index (χ4n) is 3.30. The highest BCUT2D eigenvalue weighted by Gasteiger charge is 2.24. The first-order valence-corrected chi connectivity index (χ1v) is 11.8. The zero-order valence-electron chi connectivity index (χ0n) is 21.0. The second kappa shape index (κ2) is 16.5. The first kappa shape index (κ1) is 30.9. The zero-order valence-corrected chi connectivity index (χ0v) is 23.4. The number of aliphatic imine (C=N–C) groups is 1. The lowest BCUT2D eigenvalue weighted by atomic mass is 10.1. The Morgan fingerprint density at radius 1 is 1.00 bits per heavy atom. The summed E-state index contributed by atoms with van der Waals surface area (Å²) in [6.45, 7) is 15.0. The van der Waals surface area contributed by atoms with Crippen molar-refractivity contribution in [3.63, 3.8) is 0 Å². The molecule has 32 heavy (non-hydrogen) atoms. The second-order valence-corrected chi connectivity index (χ2v) is 9.26. The number of methoxy groups -OCH3 is 1. The average Bonchev–Trinajstić information content (AvgIpc) is 2.73. The minimum atomic E-state index is -0.282. The van der Waals surface area contributed by atoms with E-state index in [1.54, 1.807) is 7.11 Å². The minimum absolute atomic E-state index is 0. The predicted octanol–water partition coefficient (Wildman–Crippen LogP) is 2.86. The summed E-state index contributed by atoms with van der Waals surface area (Å²) >= 11 is 0. The van der Waals surface area contributed by atoms with Crippen molar-refractivity contribution in [3.05, 3.63) is 0 Å². The Balaban J connectivity index is 0.00000961. The van der Waals surface area contributed by atoms with E-state index in [0.717, 1.165) is 38.3 Å². The highest BCUT2D eigenvalue weighted by molar-refractivity contribution is 14.0. The summed E-state index contributed by atoms with van der Waals surface area (Å²) in [4.78, 5) is 33.0. The van der Waals surface area contributed by atoms with Gasteiger partial charge in [0.05, 0.1) is 12.1 Å². The lowest BCUT2D eigenvalue weighted by Crippen LogP contribution is -2.50. The van der Waals surface area contributed by atoms with Crippen molar-refractivity contribution in [2.45, 2.75) is 72.3 Å². The van der Waals surface area contributed by atoms with Gasteiger partial charge in [0.25, 0.3) is 0 Å². The molecule has 0 saturated carbocycles. The second-order valence-electron chi connectivity index (χ2n) is 9.26. The Labute approximate surface area is 212 Å². The molecule has 2 amide bonds. The maximum Gasteiger partial charge on any atom is 0.222 e. The van der Waals surface area contributed by atoms with Crippen molar-refractivity contribution in [2.75, 3.05) is 52.9 Å². The van der Waals surface area contributed by atoms with Crippen LogP contribution in [0.15, 0.2) is 4.99 Å². The lowest BCUT2D eigenvalue weighted by Gasteiger charge is -2.35. The number of rotatable bonds is 12. The molecule has 1 aliphatic heterocycles. The molecule has 188 valence electrons. The molecule has 0 aromatic carbocycles. The Bertz CT molecular complexity index is 576. The van der Waals surface area contributed by atoms with Gasteiger partial charge in [0.15, 0.2) is 5.96 Å². The smallest absolute Gasteiger partial charge is 0.222 e. The van der Waals surface area contributed by atoms with Crippen LogP contribution >= 0.6 is 24.0 Å². The number of nitrogens with one attached hydrogen (secondary N) is 2. The number of guanidine groups is 1. The number of halogens is 1. The van der Waals surface area contributed by atoms with Gasteiger partial charge >= 0.3 is 0 Å². The van der Waals surface area contributed by atoms with Gasteiger partial charge in [0.1, 0.15) is 0 Å². The van der Waals surface area contributed by atoms with Crippen molar-refractivity contribution in [1.29, 1.82) is 0 Å². The summed E-state index contributed by atoms with van der Waals surface area (Å²) in [7, 11) is 1.70. The Morgan fingerprint density at radius 3 is 2.12 bits per heavy atom. The van der Waals surface area contributed by atoms with Crippen molar-refractivity contribution >= 4 is 41.8 Å². The molecular weight excluding hydrogens is 521 g/mol. The molecule has 1 saturated heterocycles. The Hall–Kier alpha value is -1.10. The number of amides is 2. The van der Waals surface area contributed by atoms with Crippen LogP contribution in [0.4, 0.5) is 0 Å².